The summed E-state index contributed by atoms with van der Waals surface area (Å²) in [7, 11) is -3.13. The molecule has 1 rings (SSSR count). The lowest BCUT2D eigenvalue weighted by Crippen LogP contribution is -2.21. The summed E-state index contributed by atoms with van der Waals surface area (Å²) in [4.78, 5) is -0.137. The number of sulfone groups is 1. The van der Waals surface area contributed by atoms with Gasteiger partial charge in [-0.3, -0.25) is 0 Å². The molecule has 1 aromatic rings. The first-order chi connectivity index (χ1) is 9.23. The van der Waals surface area contributed by atoms with Crippen LogP contribution in [0.25, 0.3) is 0 Å². The summed E-state index contributed by atoms with van der Waals surface area (Å²) in [6, 6.07) is 2.40. The van der Waals surface area contributed by atoms with Gasteiger partial charge in [0.1, 0.15) is 21.5 Å². The third-order valence-corrected chi connectivity index (χ3v) is 5.07. The van der Waals surface area contributed by atoms with E-state index in [0.717, 1.165) is 24.4 Å². The molecule has 0 bridgehead atoms. The first kappa shape index (κ1) is 17.4. The fourth-order valence-electron chi connectivity index (χ4n) is 1.61. The predicted molar refractivity (Wildman–Crippen MR) is 78.8 cm³/mol. The second kappa shape index (κ2) is 7.38. The largest absolute Gasteiger partial charge is 0.327 e. The van der Waals surface area contributed by atoms with E-state index >= 15 is 0 Å². The van der Waals surface area contributed by atoms with Crippen molar-refractivity contribution in [2.45, 2.75) is 30.7 Å². The highest BCUT2D eigenvalue weighted by atomic mass is 32.2. The minimum absolute atomic E-state index is 0.112. The Morgan fingerprint density at radius 1 is 1.30 bits per heavy atom. The van der Waals surface area contributed by atoms with E-state index in [0.29, 0.717) is 12.0 Å². The molecule has 0 aromatic heterocycles. The lowest BCUT2D eigenvalue weighted by atomic mass is 10.0. The molecule has 0 saturated heterocycles. The number of hydrogen-bond donors (Lipinski definition) is 1. The molecule has 114 valence electrons. The maximum Gasteiger partial charge on any atom is 0.148 e. The van der Waals surface area contributed by atoms with Crippen molar-refractivity contribution in [3.8, 4) is 0 Å². The molecule has 0 aliphatic carbocycles. The standard InChI is InChI=1S/C13H19F2NO2S2/c1-3-10(16)6-9-7-11(14)13(12(15)8-9)19-4-5-20(2,17)18/h7-8,10H,3-6,16H2,1-2H3. The van der Waals surface area contributed by atoms with Crippen molar-refractivity contribution in [1.82, 2.24) is 0 Å². The van der Waals surface area contributed by atoms with E-state index in [-0.39, 0.29) is 22.4 Å². The summed E-state index contributed by atoms with van der Waals surface area (Å²) < 4.78 is 49.6. The average Bonchev–Trinajstić information content (AvgIpc) is 2.31. The third kappa shape index (κ3) is 5.76. The molecule has 0 fully saturated rings. The summed E-state index contributed by atoms with van der Waals surface area (Å²) in [6.45, 7) is 1.91. The molecule has 20 heavy (non-hydrogen) atoms. The molecule has 3 nitrogen and oxygen atoms in total. The maximum absolute atomic E-state index is 13.8. The van der Waals surface area contributed by atoms with Gasteiger partial charge in [-0.15, -0.1) is 11.8 Å². The van der Waals surface area contributed by atoms with Crippen LogP contribution in [0.15, 0.2) is 17.0 Å². The van der Waals surface area contributed by atoms with Gasteiger partial charge in [-0.25, -0.2) is 17.2 Å². The van der Waals surface area contributed by atoms with Crippen LogP contribution in [0.3, 0.4) is 0 Å². The van der Waals surface area contributed by atoms with Gasteiger partial charge in [-0.2, -0.15) is 0 Å². The van der Waals surface area contributed by atoms with Crippen LogP contribution in [0.1, 0.15) is 18.9 Å². The topological polar surface area (TPSA) is 60.2 Å². The maximum atomic E-state index is 13.8. The first-order valence-corrected chi connectivity index (χ1v) is 9.31. The monoisotopic (exact) mass is 323 g/mol. The Morgan fingerprint density at radius 3 is 2.30 bits per heavy atom. The van der Waals surface area contributed by atoms with Crippen molar-refractivity contribution >= 4 is 21.6 Å². The zero-order valence-corrected chi connectivity index (χ0v) is 13.2. The van der Waals surface area contributed by atoms with E-state index in [1.165, 1.54) is 12.1 Å². The molecule has 0 amide bonds. The van der Waals surface area contributed by atoms with Crippen LogP contribution in [-0.4, -0.2) is 32.2 Å². The smallest absolute Gasteiger partial charge is 0.148 e. The molecule has 0 radical (unpaired) electrons. The zero-order chi connectivity index (χ0) is 15.3. The Kier molecular flexibility index (Phi) is 6.42. The fraction of sp³-hybridized carbons (Fsp3) is 0.538. The van der Waals surface area contributed by atoms with Crippen LogP contribution >= 0.6 is 11.8 Å². The van der Waals surface area contributed by atoms with Gasteiger partial charge in [0.05, 0.1) is 10.6 Å². The summed E-state index contributed by atoms with van der Waals surface area (Å²) in [6.07, 6.45) is 2.24. The Morgan fingerprint density at radius 2 is 1.85 bits per heavy atom. The van der Waals surface area contributed by atoms with E-state index in [1.54, 1.807) is 0 Å². The fourth-order valence-corrected chi connectivity index (χ4v) is 3.75. The Bertz CT molecular complexity index is 538. The summed E-state index contributed by atoms with van der Waals surface area (Å²) in [5, 5.41) is 0. The molecule has 0 heterocycles. The first-order valence-electron chi connectivity index (χ1n) is 6.27. The highest BCUT2D eigenvalue weighted by Crippen LogP contribution is 2.27. The van der Waals surface area contributed by atoms with Gasteiger partial charge in [-0.05, 0) is 30.5 Å². The van der Waals surface area contributed by atoms with Crippen molar-refractivity contribution in [2.75, 3.05) is 17.8 Å². The molecule has 1 atom stereocenters. The predicted octanol–water partition coefficient (Wildman–Crippen LogP) is 2.38. The summed E-state index contributed by atoms with van der Waals surface area (Å²) in [5.74, 6) is -1.32. The van der Waals surface area contributed by atoms with Gasteiger partial charge >= 0.3 is 0 Å². The number of nitrogens with two attached hydrogens (primary N) is 1. The normalized spacial score (nSPS) is 13.4. The molecule has 1 unspecified atom stereocenters. The van der Waals surface area contributed by atoms with Crippen LogP contribution in [0.2, 0.25) is 0 Å². The quantitative estimate of drug-likeness (QED) is 0.783. The highest BCUT2D eigenvalue weighted by Gasteiger charge is 2.14. The van der Waals surface area contributed by atoms with Crippen LogP contribution in [0, 0.1) is 11.6 Å². The van der Waals surface area contributed by atoms with Gasteiger partial charge in [0.25, 0.3) is 0 Å². The second-order valence-electron chi connectivity index (χ2n) is 4.74. The van der Waals surface area contributed by atoms with Gasteiger partial charge in [-0.1, -0.05) is 6.92 Å². The number of thioether (sulfide) groups is 1. The van der Waals surface area contributed by atoms with Crippen LogP contribution < -0.4 is 5.73 Å². The molecule has 2 N–H and O–H groups in total. The van der Waals surface area contributed by atoms with Crippen molar-refractivity contribution in [1.29, 1.82) is 0 Å². The number of benzene rings is 1. The number of hydrogen-bond acceptors (Lipinski definition) is 4. The van der Waals surface area contributed by atoms with E-state index in [9.17, 15) is 17.2 Å². The minimum atomic E-state index is -3.13. The molecule has 0 aliphatic rings. The minimum Gasteiger partial charge on any atom is -0.327 e. The average molecular weight is 323 g/mol. The van der Waals surface area contributed by atoms with Crippen LogP contribution in [0.5, 0.6) is 0 Å². The van der Waals surface area contributed by atoms with Gasteiger partial charge in [0.2, 0.25) is 0 Å². The van der Waals surface area contributed by atoms with Crippen molar-refractivity contribution in [2.24, 2.45) is 5.73 Å². The van der Waals surface area contributed by atoms with E-state index < -0.39 is 21.5 Å². The van der Waals surface area contributed by atoms with Gasteiger partial charge < -0.3 is 5.73 Å². The van der Waals surface area contributed by atoms with E-state index in [1.807, 2.05) is 6.92 Å². The van der Waals surface area contributed by atoms with Gasteiger partial charge in [0, 0.05) is 18.1 Å². The molecular weight excluding hydrogens is 304 g/mol. The zero-order valence-electron chi connectivity index (χ0n) is 11.5. The SMILES string of the molecule is CCC(N)Cc1cc(F)c(SCCS(C)(=O)=O)c(F)c1. The lowest BCUT2D eigenvalue weighted by molar-refractivity contribution is 0.533. The molecule has 0 aliphatic heterocycles. The molecule has 0 spiro atoms. The molecule has 0 saturated carbocycles. The van der Waals surface area contributed by atoms with Crippen LogP contribution in [-0.2, 0) is 16.3 Å². The Balaban J connectivity index is 2.79. The Labute approximate surface area is 122 Å². The second-order valence-corrected chi connectivity index (χ2v) is 8.10. The lowest BCUT2D eigenvalue weighted by Gasteiger charge is -2.11. The molecular formula is C13H19F2NO2S2. The highest BCUT2D eigenvalue weighted by molar-refractivity contribution is 8.00. The summed E-state index contributed by atoms with van der Waals surface area (Å²) in [5.41, 5.74) is 6.27. The van der Waals surface area contributed by atoms with Gasteiger partial charge in [0.15, 0.2) is 0 Å². The van der Waals surface area contributed by atoms with Crippen molar-refractivity contribution in [3.05, 3.63) is 29.3 Å². The van der Waals surface area contributed by atoms with Crippen LogP contribution in [0.4, 0.5) is 8.78 Å². The molecule has 7 heteroatoms. The number of halogens is 2. The van der Waals surface area contributed by atoms with Crippen molar-refractivity contribution < 1.29 is 17.2 Å². The van der Waals surface area contributed by atoms with E-state index in [4.69, 9.17) is 5.73 Å². The third-order valence-electron chi connectivity index (χ3n) is 2.78. The van der Waals surface area contributed by atoms with Crippen molar-refractivity contribution in [3.63, 3.8) is 0 Å². The summed E-state index contributed by atoms with van der Waals surface area (Å²) >= 11 is 0.873. The Hall–Kier alpha value is -0.660. The van der Waals surface area contributed by atoms with E-state index in [2.05, 4.69) is 0 Å². The molecule has 1 aromatic carbocycles. The number of rotatable bonds is 7.